The van der Waals surface area contributed by atoms with Gasteiger partial charge in [-0.15, -0.1) is 0 Å². The molecule has 6 heteroatoms. The molecule has 1 saturated heterocycles. The Bertz CT molecular complexity index is 384. The van der Waals surface area contributed by atoms with E-state index >= 15 is 0 Å². The monoisotopic (exact) mass is 270 g/mol. The van der Waals surface area contributed by atoms with E-state index in [1.165, 1.54) is 6.33 Å². The maximum absolute atomic E-state index is 11.2. The largest absolute Gasteiger partial charge is 0.368 e. The summed E-state index contributed by atoms with van der Waals surface area (Å²) in [4.78, 5) is 21.2. The molecule has 2 rings (SSSR count). The third-order valence-electron chi connectivity index (χ3n) is 2.50. The quantitative estimate of drug-likeness (QED) is 0.859. The van der Waals surface area contributed by atoms with Crippen LogP contribution in [-0.2, 0) is 4.79 Å². The van der Waals surface area contributed by atoms with Crippen molar-refractivity contribution in [2.45, 2.75) is 18.9 Å². The molecular weight excluding hydrogens is 260 g/mol. The van der Waals surface area contributed by atoms with Crippen LogP contribution in [0.4, 0.5) is 5.82 Å². The highest BCUT2D eigenvalue weighted by atomic mass is 79.9. The molecule has 1 fully saturated rings. The molecular formula is C9H11BrN4O. The number of nitrogens with two attached hydrogens (primary N) is 1. The lowest BCUT2D eigenvalue weighted by Crippen LogP contribution is -2.40. The van der Waals surface area contributed by atoms with Crippen LogP contribution in [0.5, 0.6) is 0 Å². The lowest BCUT2D eigenvalue weighted by atomic mass is 10.2. The minimum Gasteiger partial charge on any atom is -0.368 e. The van der Waals surface area contributed by atoms with Crippen LogP contribution in [0.3, 0.4) is 0 Å². The molecule has 0 spiro atoms. The summed E-state index contributed by atoms with van der Waals surface area (Å²) < 4.78 is 0.790. The van der Waals surface area contributed by atoms with E-state index in [2.05, 4.69) is 25.9 Å². The van der Waals surface area contributed by atoms with Crippen molar-refractivity contribution in [3.05, 3.63) is 17.0 Å². The second-order valence-corrected chi connectivity index (χ2v) is 4.30. The Labute approximate surface area is 95.8 Å². The van der Waals surface area contributed by atoms with Crippen LogP contribution in [0.1, 0.15) is 12.8 Å². The number of carbonyl (C=O) groups excluding carboxylic acids is 1. The number of carbonyl (C=O) groups is 1. The molecule has 0 radical (unpaired) electrons. The van der Waals surface area contributed by atoms with Crippen molar-refractivity contribution in [2.24, 2.45) is 5.73 Å². The summed E-state index contributed by atoms with van der Waals surface area (Å²) in [5.41, 5.74) is 5.34. The first-order valence-corrected chi connectivity index (χ1v) is 5.51. The van der Waals surface area contributed by atoms with E-state index in [4.69, 9.17) is 5.73 Å². The van der Waals surface area contributed by atoms with E-state index in [0.717, 1.165) is 29.7 Å². The van der Waals surface area contributed by atoms with Gasteiger partial charge in [-0.05, 0) is 28.8 Å². The van der Waals surface area contributed by atoms with Gasteiger partial charge in [0, 0.05) is 12.7 Å². The Morgan fingerprint density at radius 3 is 3.13 bits per heavy atom. The standard InChI is InChI=1S/C9H11BrN4O/c10-6-4-12-5-13-9(6)14-3-1-2-7(14)8(11)15/h4-5,7H,1-3H2,(H2,11,15). The third-order valence-corrected chi connectivity index (χ3v) is 3.06. The summed E-state index contributed by atoms with van der Waals surface area (Å²) >= 11 is 3.36. The van der Waals surface area contributed by atoms with E-state index in [-0.39, 0.29) is 11.9 Å². The van der Waals surface area contributed by atoms with E-state index in [0.29, 0.717) is 0 Å². The molecule has 0 aliphatic carbocycles. The highest BCUT2D eigenvalue weighted by Gasteiger charge is 2.30. The Balaban J connectivity index is 2.30. The number of primary amides is 1. The number of rotatable bonds is 2. The lowest BCUT2D eigenvalue weighted by molar-refractivity contribution is -0.119. The molecule has 2 N–H and O–H groups in total. The zero-order chi connectivity index (χ0) is 10.8. The maximum Gasteiger partial charge on any atom is 0.240 e. The predicted molar refractivity (Wildman–Crippen MR) is 59.3 cm³/mol. The minimum atomic E-state index is -0.294. The fourth-order valence-electron chi connectivity index (χ4n) is 1.83. The number of hydrogen-bond acceptors (Lipinski definition) is 4. The number of amides is 1. The number of halogens is 1. The van der Waals surface area contributed by atoms with Crippen LogP contribution >= 0.6 is 15.9 Å². The molecule has 1 unspecified atom stereocenters. The first-order valence-electron chi connectivity index (χ1n) is 4.71. The highest BCUT2D eigenvalue weighted by Crippen LogP contribution is 2.28. The minimum absolute atomic E-state index is 0.240. The molecule has 0 saturated carbocycles. The summed E-state index contributed by atoms with van der Waals surface area (Å²) in [6, 6.07) is -0.240. The van der Waals surface area contributed by atoms with Gasteiger partial charge in [0.25, 0.3) is 0 Å². The van der Waals surface area contributed by atoms with Gasteiger partial charge < -0.3 is 10.6 Å². The molecule has 80 valence electrons. The maximum atomic E-state index is 11.2. The summed E-state index contributed by atoms with van der Waals surface area (Å²) in [5.74, 6) is 0.448. The first kappa shape index (κ1) is 10.4. The molecule has 0 aromatic carbocycles. The van der Waals surface area contributed by atoms with Crippen LogP contribution in [0.2, 0.25) is 0 Å². The summed E-state index contributed by atoms with van der Waals surface area (Å²) in [5, 5.41) is 0. The summed E-state index contributed by atoms with van der Waals surface area (Å²) in [6.45, 7) is 0.809. The first-order chi connectivity index (χ1) is 7.20. The molecule has 1 amide bonds. The molecule has 5 nitrogen and oxygen atoms in total. The van der Waals surface area contributed by atoms with Gasteiger partial charge >= 0.3 is 0 Å². The molecule has 1 atom stereocenters. The second kappa shape index (κ2) is 4.14. The van der Waals surface area contributed by atoms with Gasteiger partial charge in [-0.2, -0.15) is 0 Å². The number of anilines is 1. The van der Waals surface area contributed by atoms with Crippen molar-refractivity contribution in [2.75, 3.05) is 11.4 Å². The van der Waals surface area contributed by atoms with E-state index in [1.807, 2.05) is 4.90 Å². The molecule has 1 aromatic heterocycles. The molecule has 1 aliphatic heterocycles. The summed E-state index contributed by atoms with van der Waals surface area (Å²) in [7, 11) is 0. The van der Waals surface area contributed by atoms with Crippen molar-refractivity contribution >= 4 is 27.7 Å². The van der Waals surface area contributed by atoms with E-state index in [9.17, 15) is 4.79 Å². The highest BCUT2D eigenvalue weighted by molar-refractivity contribution is 9.10. The van der Waals surface area contributed by atoms with Crippen molar-refractivity contribution in [3.63, 3.8) is 0 Å². The zero-order valence-electron chi connectivity index (χ0n) is 8.06. The molecule has 15 heavy (non-hydrogen) atoms. The van der Waals surface area contributed by atoms with Crippen LogP contribution in [0, 0.1) is 0 Å². The smallest absolute Gasteiger partial charge is 0.240 e. The average molecular weight is 271 g/mol. The average Bonchev–Trinajstić information content (AvgIpc) is 2.67. The third kappa shape index (κ3) is 1.94. The van der Waals surface area contributed by atoms with Crippen LogP contribution < -0.4 is 10.6 Å². The van der Waals surface area contributed by atoms with Gasteiger partial charge in [-0.25, -0.2) is 9.97 Å². The van der Waals surface area contributed by atoms with Crippen molar-refractivity contribution in [3.8, 4) is 0 Å². The number of nitrogens with zero attached hydrogens (tertiary/aromatic N) is 3. The topological polar surface area (TPSA) is 72.1 Å². The van der Waals surface area contributed by atoms with Gasteiger partial charge in [0.2, 0.25) is 5.91 Å². The van der Waals surface area contributed by atoms with Crippen molar-refractivity contribution in [1.82, 2.24) is 9.97 Å². The van der Waals surface area contributed by atoms with Crippen LogP contribution in [0.15, 0.2) is 17.0 Å². The number of hydrogen-bond donors (Lipinski definition) is 1. The molecule has 1 aromatic rings. The van der Waals surface area contributed by atoms with Crippen LogP contribution in [0.25, 0.3) is 0 Å². The summed E-state index contributed by atoms with van der Waals surface area (Å²) in [6.07, 6.45) is 4.89. The second-order valence-electron chi connectivity index (χ2n) is 3.45. The van der Waals surface area contributed by atoms with Gasteiger partial charge in [-0.3, -0.25) is 4.79 Å². The van der Waals surface area contributed by atoms with E-state index in [1.54, 1.807) is 6.20 Å². The molecule has 1 aliphatic rings. The fourth-order valence-corrected chi connectivity index (χ4v) is 2.28. The Morgan fingerprint density at radius 1 is 1.67 bits per heavy atom. The van der Waals surface area contributed by atoms with Gasteiger partial charge in [0.05, 0.1) is 4.47 Å². The van der Waals surface area contributed by atoms with Gasteiger partial charge in [-0.1, -0.05) is 0 Å². The lowest BCUT2D eigenvalue weighted by Gasteiger charge is -2.23. The normalized spacial score (nSPS) is 20.6. The Morgan fingerprint density at radius 2 is 2.47 bits per heavy atom. The van der Waals surface area contributed by atoms with E-state index < -0.39 is 0 Å². The fraction of sp³-hybridized carbons (Fsp3) is 0.444. The predicted octanol–water partition coefficient (Wildman–Crippen LogP) is 0.693. The van der Waals surface area contributed by atoms with Gasteiger partial charge in [0.15, 0.2) is 0 Å². The zero-order valence-corrected chi connectivity index (χ0v) is 9.64. The Hall–Kier alpha value is -1.17. The van der Waals surface area contributed by atoms with Crippen molar-refractivity contribution in [1.29, 1.82) is 0 Å². The molecule has 0 bridgehead atoms. The molecule has 2 heterocycles. The van der Waals surface area contributed by atoms with Crippen molar-refractivity contribution < 1.29 is 4.79 Å². The SMILES string of the molecule is NC(=O)C1CCCN1c1ncncc1Br. The van der Waals surface area contributed by atoms with Gasteiger partial charge in [0.1, 0.15) is 18.2 Å². The van der Waals surface area contributed by atoms with Crippen LogP contribution in [-0.4, -0.2) is 28.5 Å². The Kier molecular flexibility index (Phi) is 2.86. The number of aromatic nitrogens is 2.